The lowest BCUT2D eigenvalue weighted by molar-refractivity contribution is -0.122. The normalized spacial score (nSPS) is 11.6. The van der Waals surface area contributed by atoms with Crippen LogP contribution in [0.5, 0.6) is 0 Å². The highest BCUT2D eigenvalue weighted by Crippen LogP contribution is 2.09. The molecule has 0 saturated heterocycles. The Morgan fingerprint density at radius 1 is 1.32 bits per heavy atom. The van der Waals surface area contributed by atoms with Gasteiger partial charge < -0.3 is 15.4 Å². The van der Waals surface area contributed by atoms with E-state index < -0.39 is 13.1 Å². The van der Waals surface area contributed by atoms with Gasteiger partial charge in [-0.05, 0) is 18.4 Å². The minimum atomic E-state index is -1.63. The van der Waals surface area contributed by atoms with Crippen molar-refractivity contribution in [3.8, 4) is 6.07 Å². The molecule has 0 unspecified atom stereocenters. The predicted molar refractivity (Wildman–Crippen MR) is 108 cm³/mol. The van der Waals surface area contributed by atoms with E-state index in [1.807, 2.05) is 36.4 Å². The zero-order chi connectivity index (χ0) is 20.4. The standard InChI is InChI=1S/C18H23BBrN5O3/c20-10-5-4-8-15(19(27)28)22-18(26)13-25-17(23-16(24-25)9-11-21)12-14-6-2-1-3-7-14/h1-3,6-7,15,27-28H,4-5,8-10,12-13H2,(H,22,26)/t15-/m0/s1. The number of carbonyl (C=O) groups excluding carboxylic acids is 1. The first-order valence-electron chi connectivity index (χ1n) is 9.08. The summed E-state index contributed by atoms with van der Waals surface area (Å²) in [6, 6.07) is 11.7. The maximum atomic E-state index is 12.4. The molecular weight excluding hydrogens is 425 g/mol. The molecule has 3 N–H and O–H groups in total. The van der Waals surface area contributed by atoms with E-state index in [-0.39, 0.29) is 18.9 Å². The molecule has 0 radical (unpaired) electrons. The quantitative estimate of drug-likeness (QED) is 0.268. The number of halogens is 1. The number of benzene rings is 1. The number of carbonyl (C=O) groups is 1. The summed E-state index contributed by atoms with van der Waals surface area (Å²) in [6.07, 6.45) is 2.62. The second-order valence-corrected chi connectivity index (χ2v) is 7.16. The molecule has 0 aliphatic rings. The highest BCUT2D eigenvalue weighted by molar-refractivity contribution is 9.09. The van der Waals surface area contributed by atoms with Crippen LogP contribution in [0.25, 0.3) is 0 Å². The van der Waals surface area contributed by atoms with Crippen LogP contribution in [-0.4, -0.2) is 49.1 Å². The largest absolute Gasteiger partial charge is 0.475 e. The Morgan fingerprint density at radius 3 is 2.71 bits per heavy atom. The average molecular weight is 448 g/mol. The molecule has 1 atom stereocenters. The average Bonchev–Trinajstić information content (AvgIpc) is 3.03. The molecule has 0 spiro atoms. The van der Waals surface area contributed by atoms with Crippen LogP contribution in [0.3, 0.4) is 0 Å². The van der Waals surface area contributed by atoms with Gasteiger partial charge in [0.25, 0.3) is 0 Å². The van der Waals surface area contributed by atoms with E-state index in [9.17, 15) is 14.8 Å². The van der Waals surface area contributed by atoms with Crippen molar-refractivity contribution in [2.24, 2.45) is 0 Å². The SMILES string of the molecule is N#CCc1nc(Cc2ccccc2)n(CC(=O)N[C@@H](CCCCBr)B(O)O)n1. The maximum absolute atomic E-state index is 12.4. The first-order valence-corrected chi connectivity index (χ1v) is 10.2. The number of nitrogens with one attached hydrogen (secondary N) is 1. The molecule has 1 aromatic heterocycles. The third-order valence-corrected chi connectivity index (χ3v) is 4.69. The molecular formula is C18H23BBrN5O3. The lowest BCUT2D eigenvalue weighted by Crippen LogP contribution is -2.47. The van der Waals surface area contributed by atoms with E-state index in [1.165, 1.54) is 4.68 Å². The van der Waals surface area contributed by atoms with E-state index >= 15 is 0 Å². The zero-order valence-corrected chi connectivity index (χ0v) is 17.0. The molecule has 1 amide bonds. The molecule has 0 fully saturated rings. The van der Waals surface area contributed by atoms with Gasteiger partial charge in [0.15, 0.2) is 5.82 Å². The fraction of sp³-hybridized carbons (Fsp3) is 0.444. The van der Waals surface area contributed by atoms with Crippen LogP contribution >= 0.6 is 15.9 Å². The third kappa shape index (κ3) is 7.07. The topological polar surface area (TPSA) is 124 Å². The van der Waals surface area contributed by atoms with Crippen molar-refractivity contribution in [3.05, 3.63) is 47.5 Å². The summed E-state index contributed by atoms with van der Waals surface area (Å²) in [5.41, 5.74) is 1.01. The summed E-state index contributed by atoms with van der Waals surface area (Å²) < 4.78 is 1.47. The molecule has 0 saturated carbocycles. The molecule has 0 aliphatic heterocycles. The second kappa shape index (κ2) is 11.6. The Balaban J connectivity index is 2.08. The van der Waals surface area contributed by atoms with Crippen molar-refractivity contribution in [2.45, 2.75) is 44.6 Å². The summed E-state index contributed by atoms with van der Waals surface area (Å²) in [6.45, 7) is -0.109. The summed E-state index contributed by atoms with van der Waals surface area (Å²) in [5, 5.41) is 35.6. The van der Waals surface area contributed by atoms with Crippen LogP contribution < -0.4 is 5.32 Å². The number of amides is 1. The number of rotatable bonds is 11. The van der Waals surface area contributed by atoms with Crippen molar-refractivity contribution in [1.82, 2.24) is 20.1 Å². The van der Waals surface area contributed by atoms with Crippen LogP contribution in [0.1, 0.15) is 36.5 Å². The number of hydrogen-bond acceptors (Lipinski definition) is 6. The van der Waals surface area contributed by atoms with Gasteiger partial charge in [0.05, 0.1) is 18.4 Å². The summed E-state index contributed by atoms with van der Waals surface area (Å²) in [4.78, 5) is 16.8. The predicted octanol–water partition coefficient (Wildman–Crippen LogP) is 0.997. The minimum Gasteiger partial charge on any atom is -0.426 e. The zero-order valence-electron chi connectivity index (χ0n) is 15.5. The lowest BCUT2D eigenvalue weighted by Gasteiger charge is -2.17. The number of nitriles is 1. The van der Waals surface area contributed by atoms with E-state index in [1.54, 1.807) is 0 Å². The summed E-state index contributed by atoms with van der Waals surface area (Å²) in [5.74, 6) is -0.199. The minimum absolute atomic E-state index is 0.0565. The fourth-order valence-electron chi connectivity index (χ4n) is 2.75. The Kier molecular flexibility index (Phi) is 9.14. The molecule has 1 heterocycles. The molecule has 2 aromatic rings. The van der Waals surface area contributed by atoms with Gasteiger partial charge >= 0.3 is 7.12 Å². The molecule has 10 heteroatoms. The van der Waals surface area contributed by atoms with Gasteiger partial charge in [-0.1, -0.05) is 52.7 Å². The van der Waals surface area contributed by atoms with Crippen molar-refractivity contribution in [1.29, 1.82) is 5.26 Å². The summed E-state index contributed by atoms with van der Waals surface area (Å²) in [7, 11) is -1.63. The van der Waals surface area contributed by atoms with Crippen LogP contribution in [0.15, 0.2) is 30.3 Å². The Bertz CT molecular complexity index is 794. The molecule has 148 valence electrons. The molecule has 0 bridgehead atoms. The first kappa shape index (κ1) is 22.1. The molecule has 1 aromatic carbocycles. The van der Waals surface area contributed by atoms with E-state index in [0.717, 1.165) is 23.7 Å². The molecule has 8 nitrogen and oxygen atoms in total. The number of unbranched alkanes of at least 4 members (excludes halogenated alkanes) is 1. The van der Waals surface area contributed by atoms with Crippen LogP contribution in [0.2, 0.25) is 0 Å². The fourth-order valence-corrected chi connectivity index (χ4v) is 3.15. The Morgan fingerprint density at radius 2 is 2.07 bits per heavy atom. The van der Waals surface area contributed by atoms with E-state index in [0.29, 0.717) is 24.5 Å². The highest BCUT2D eigenvalue weighted by Gasteiger charge is 2.25. The maximum Gasteiger partial charge on any atom is 0.475 e. The van der Waals surface area contributed by atoms with Crippen LogP contribution in [0, 0.1) is 11.3 Å². The number of aromatic nitrogens is 3. The van der Waals surface area contributed by atoms with Crippen molar-refractivity contribution in [3.63, 3.8) is 0 Å². The van der Waals surface area contributed by atoms with Gasteiger partial charge in [0.1, 0.15) is 12.4 Å². The number of nitrogens with zero attached hydrogens (tertiary/aromatic N) is 4. The lowest BCUT2D eigenvalue weighted by atomic mass is 9.76. The van der Waals surface area contributed by atoms with Gasteiger partial charge in [0.2, 0.25) is 5.91 Å². The highest BCUT2D eigenvalue weighted by atomic mass is 79.9. The number of alkyl halides is 1. The van der Waals surface area contributed by atoms with Gasteiger partial charge in [-0.15, -0.1) is 0 Å². The van der Waals surface area contributed by atoms with Gasteiger partial charge in [-0.3, -0.25) is 4.79 Å². The summed E-state index contributed by atoms with van der Waals surface area (Å²) >= 11 is 3.33. The molecule has 0 aliphatic carbocycles. The monoisotopic (exact) mass is 447 g/mol. The van der Waals surface area contributed by atoms with Gasteiger partial charge in [-0.25, -0.2) is 9.67 Å². The third-order valence-electron chi connectivity index (χ3n) is 4.13. The van der Waals surface area contributed by atoms with Gasteiger partial charge in [-0.2, -0.15) is 10.4 Å². The molecule has 2 rings (SSSR count). The van der Waals surface area contributed by atoms with Gasteiger partial charge in [0, 0.05) is 11.8 Å². The van der Waals surface area contributed by atoms with Crippen LogP contribution in [-0.2, 0) is 24.2 Å². The Labute approximate surface area is 172 Å². The smallest absolute Gasteiger partial charge is 0.426 e. The van der Waals surface area contributed by atoms with E-state index in [2.05, 4.69) is 31.3 Å². The van der Waals surface area contributed by atoms with Crippen molar-refractivity contribution >= 4 is 29.0 Å². The van der Waals surface area contributed by atoms with E-state index in [4.69, 9.17) is 5.26 Å². The van der Waals surface area contributed by atoms with Crippen molar-refractivity contribution < 1.29 is 14.8 Å². The molecule has 28 heavy (non-hydrogen) atoms. The Hall–Kier alpha value is -2.22. The second-order valence-electron chi connectivity index (χ2n) is 6.37. The number of hydrogen-bond donors (Lipinski definition) is 3. The van der Waals surface area contributed by atoms with Crippen LogP contribution in [0.4, 0.5) is 0 Å². The van der Waals surface area contributed by atoms with Crippen molar-refractivity contribution in [2.75, 3.05) is 5.33 Å². The first-order chi connectivity index (χ1) is 13.5.